The van der Waals surface area contributed by atoms with Gasteiger partial charge in [0.05, 0.1) is 11.1 Å². The monoisotopic (exact) mass is 414 g/mol. The molecular formula is C19H15BrN2O2S. The van der Waals surface area contributed by atoms with Crippen molar-refractivity contribution in [1.82, 2.24) is 5.43 Å². The highest BCUT2D eigenvalue weighted by atomic mass is 79.9. The van der Waals surface area contributed by atoms with E-state index in [0.717, 1.165) is 15.6 Å². The highest BCUT2D eigenvalue weighted by Gasteiger charge is 2.05. The normalized spacial score (nSPS) is 10.8. The van der Waals surface area contributed by atoms with Crippen LogP contribution in [0.25, 0.3) is 0 Å². The Kier molecular flexibility index (Phi) is 5.98. The van der Waals surface area contributed by atoms with Crippen LogP contribution >= 0.6 is 27.3 Å². The third-order valence-corrected chi connectivity index (χ3v) is 4.74. The van der Waals surface area contributed by atoms with Crippen LogP contribution in [0.3, 0.4) is 0 Å². The smallest absolute Gasteiger partial charge is 0.281 e. The van der Waals surface area contributed by atoms with Gasteiger partial charge in [-0.1, -0.05) is 46.3 Å². The van der Waals surface area contributed by atoms with Crippen molar-refractivity contribution in [3.05, 3.63) is 86.5 Å². The molecule has 1 heterocycles. The van der Waals surface area contributed by atoms with E-state index in [0.29, 0.717) is 17.2 Å². The van der Waals surface area contributed by atoms with Crippen molar-refractivity contribution >= 4 is 39.4 Å². The third kappa shape index (κ3) is 5.01. The minimum absolute atomic E-state index is 0.223. The quantitative estimate of drug-likeness (QED) is 0.462. The van der Waals surface area contributed by atoms with Crippen LogP contribution in [0.2, 0.25) is 0 Å². The van der Waals surface area contributed by atoms with E-state index in [-0.39, 0.29) is 5.91 Å². The number of rotatable bonds is 6. The molecule has 25 heavy (non-hydrogen) atoms. The number of hydrazone groups is 1. The second-order valence-corrected chi connectivity index (χ2v) is 6.99. The van der Waals surface area contributed by atoms with Crippen molar-refractivity contribution in [2.45, 2.75) is 6.61 Å². The molecule has 0 aliphatic rings. The molecule has 0 bridgehead atoms. The predicted octanol–water partition coefficient (Wildman–Crippen LogP) is 4.85. The summed E-state index contributed by atoms with van der Waals surface area (Å²) < 4.78 is 6.91. The molecule has 0 radical (unpaired) electrons. The van der Waals surface area contributed by atoms with E-state index in [1.54, 1.807) is 12.3 Å². The van der Waals surface area contributed by atoms with E-state index in [9.17, 15) is 4.79 Å². The van der Waals surface area contributed by atoms with Gasteiger partial charge in [-0.25, -0.2) is 5.43 Å². The van der Waals surface area contributed by atoms with Crippen molar-refractivity contribution in [3.8, 4) is 5.75 Å². The molecule has 6 heteroatoms. The number of nitrogens with zero attached hydrogens (tertiary/aromatic N) is 1. The van der Waals surface area contributed by atoms with Gasteiger partial charge < -0.3 is 4.74 Å². The number of hydrogen-bond acceptors (Lipinski definition) is 4. The van der Waals surface area contributed by atoms with Gasteiger partial charge in [0.25, 0.3) is 5.91 Å². The van der Waals surface area contributed by atoms with Crippen molar-refractivity contribution in [3.63, 3.8) is 0 Å². The van der Waals surface area contributed by atoms with Crippen LogP contribution in [0.1, 0.15) is 20.8 Å². The van der Waals surface area contributed by atoms with E-state index in [1.807, 2.05) is 60.0 Å². The largest absolute Gasteiger partial charge is 0.488 e. The fourth-order valence-electron chi connectivity index (χ4n) is 2.08. The average molecular weight is 415 g/mol. The molecule has 126 valence electrons. The number of thiophene rings is 1. The van der Waals surface area contributed by atoms with Crippen LogP contribution in [-0.4, -0.2) is 12.1 Å². The van der Waals surface area contributed by atoms with Gasteiger partial charge in [-0.2, -0.15) is 5.10 Å². The summed E-state index contributed by atoms with van der Waals surface area (Å²) in [6.45, 7) is 0.458. The van der Waals surface area contributed by atoms with E-state index in [4.69, 9.17) is 4.74 Å². The highest BCUT2D eigenvalue weighted by molar-refractivity contribution is 9.10. The molecule has 0 unspecified atom stereocenters. The molecule has 3 aromatic rings. The minimum atomic E-state index is -0.223. The molecular weight excluding hydrogens is 400 g/mol. The van der Waals surface area contributed by atoms with E-state index in [2.05, 4.69) is 26.5 Å². The third-order valence-electron chi connectivity index (χ3n) is 3.34. The van der Waals surface area contributed by atoms with E-state index >= 15 is 0 Å². The molecule has 0 saturated carbocycles. The second kappa shape index (κ2) is 8.60. The molecule has 3 rings (SSSR count). The van der Waals surface area contributed by atoms with Crippen LogP contribution < -0.4 is 10.2 Å². The molecule has 0 spiro atoms. The fraction of sp³-hybridized carbons (Fsp3) is 0.0526. The lowest BCUT2D eigenvalue weighted by Gasteiger charge is -2.09. The molecule has 1 amide bonds. The number of benzene rings is 2. The van der Waals surface area contributed by atoms with Gasteiger partial charge >= 0.3 is 0 Å². The van der Waals surface area contributed by atoms with Crippen molar-refractivity contribution < 1.29 is 9.53 Å². The van der Waals surface area contributed by atoms with Gasteiger partial charge in [-0.15, -0.1) is 11.3 Å². The lowest BCUT2D eigenvalue weighted by atomic mass is 10.2. The van der Waals surface area contributed by atoms with Gasteiger partial charge in [0.2, 0.25) is 0 Å². The Bertz CT molecular complexity index is 861. The molecule has 0 saturated heterocycles. The molecule has 2 aromatic carbocycles. The van der Waals surface area contributed by atoms with Gasteiger partial charge in [0.15, 0.2) is 0 Å². The van der Waals surface area contributed by atoms with Crippen LogP contribution in [0.15, 0.2) is 75.6 Å². The standard InChI is InChI=1S/C19H15BrN2O2S/c20-16-9-7-14(8-10-16)13-24-17-5-2-1-4-15(17)12-21-22-19(23)18-6-3-11-25-18/h1-12H,13H2,(H,22,23)/b21-12-. The summed E-state index contributed by atoms with van der Waals surface area (Å²) in [6, 6.07) is 19.1. The first kappa shape index (κ1) is 17.4. The number of halogens is 1. The fourth-order valence-corrected chi connectivity index (χ4v) is 2.96. The minimum Gasteiger partial charge on any atom is -0.488 e. The molecule has 0 atom stereocenters. The van der Waals surface area contributed by atoms with Crippen molar-refractivity contribution in [2.75, 3.05) is 0 Å². The lowest BCUT2D eigenvalue weighted by molar-refractivity contribution is 0.0959. The first-order valence-electron chi connectivity index (χ1n) is 7.55. The lowest BCUT2D eigenvalue weighted by Crippen LogP contribution is -2.16. The number of carbonyl (C=O) groups excluding carboxylic acids is 1. The average Bonchev–Trinajstić information content (AvgIpc) is 3.17. The summed E-state index contributed by atoms with van der Waals surface area (Å²) >= 11 is 4.79. The van der Waals surface area contributed by atoms with Gasteiger partial charge in [0.1, 0.15) is 12.4 Å². The summed E-state index contributed by atoms with van der Waals surface area (Å²) in [7, 11) is 0. The number of carbonyl (C=O) groups is 1. The van der Waals surface area contributed by atoms with Crippen LogP contribution in [0.5, 0.6) is 5.75 Å². The highest BCUT2D eigenvalue weighted by Crippen LogP contribution is 2.18. The number of ether oxygens (including phenoxy) is 1. The summed E-state index contributed by atoms with van der Waals surface area (Å²) in [4.78, 5) is 12.5. The van der Waals surface area contributed by atoms with Crippen LogP contribution in [-0.2, 0) is 6.61 Å². The molecule has 4 nitrogen and oxygen atoms in total. The summed E-state index contributed by atoms with van der Waals surface area (Å²) in [5.74, 6) is 0.485. The Morgan fingerprint density at radius 1 is 1.12 bits per heavy atom. The first-order chi connectivity index (χ1) is 12.2. The van der Waals surface area contributed by atoms with E-state index in [1.165, 1.54) is 11.3 Å². The zero-order valence-corrected chi connectivity index (χ0v) is 15.6. The second-order valence-electron chi connectivity index (χ2n) is 5.13. The molecule has 1 N–H and O–H groups in total. The number of nitrogens with one attached hydrogen (secondary N) is 1. The summed E-state index contributed by atoms with van der Waals surface area (Å²) in [5, 5.41) is 5.87. The van der Waals surface area contributed by atoms with Crippen molar-refractivity contribution in [2.24, 2.45) is 5.10 Å². The zero-order valence-electron chi connectivity index (χ0n) is 13.2. The zero-order chi connectivity index (χ0) is 17.5. The Labute approximate surface area is 158 Å². The Hall–Kier alpha value is -2.44. The SMILES string of the molecule is O=C(N/N=C\c1ccccc1OCc1ccc(Br)cc1)c1cccs1. The molecule has 1 aromatic heterocycles. The van der Waals surface area contributed by atoms with Gasteiger partial charge in [-0.05, 0) is 41.3 Å². The Balaban J connectivity index is 1.63. The van der Waals surface area contributed by atoms with E-state index < -0.39 is 0 Å². The Morgan fingerprint density at radius 2 is 1.92 bits per heavy atom. The van der Waals surface area contributed by atoms with Gasteiger partial charge in [-0.3, -0.25) is 4.79 Å². The number of hydrogen-bond donors (Lipinski definition) is 1. The summed E-state index contributed by atoms with van der Waals surface area (Å²) in [6.07, 6.45) is 1.59. The molecule has 0 aliphatic carbocycles. The summed E-state index contributed by atoms with van der Waals surface area (Å²) in [5.41, 5.74) is 4.39. The molecule has 0 fully saturated rings. The van der Waals surface area contributed by atoms with Crippen LogP contribution in [0.4, 0.5) is 0 Å². The topological polar surface area (TPSA) is 50.7 Å². The number of amides is 1. The Morgan fingerprint density at radius 3 is 2.68 bits per heavy atom. The van der Waals surface area contributed by atoms with Gasteiger partial charge in [0, 0.05) is 10.0 Å². The maximum absolute atomic E-state index is 11.9. The first-order valence-corrected chi connectivity index (χ1v) is 9.23. The molecule has 0 aliphatic heterocycles. The maximum Gasteiger partial charge on any atom is 0.281 e. The predicted molar refractivity (Wildman–Crippen MR) is 104 cm³/mol. The van der Waals surface area contributed by atoms with Crippen molar-refractivity contribution in [1.29, 1.82) is 0 Å². The van der Waals surface area contributed by atoms with Crippen LogP contribution in [0, 0.1) is 0 Å². The number of para-hydroxylation sites is 1. The maximum atomic E-state index is 11.9.